The second-order valence-corrected chi connectivity index (χ2v) is 2.82. The first kappa shape index (κ1) is 7.61. The van der Waals surface area contributed by atoms with Crippen molar-refractivity contribution in [1.29, 1.82) is 0 Å². The summed E-state index contributed by atoms with van der Waals surface area (Å²) in [6.07, 6.45) is 9.04. The smallest absolute Gasteiger partial charge is 0.0445 e. The van der Waals surface area contributed by atoms with Crippen LogP contribution >= 0.6 is 0 Å². The summed E-state index contributed by atoms with van der Waals surface area (Å²) < 4.78 is 0. The van der Waals surface area contributed by atoms with Crippen LogP contribution in [0.15, 0.2) is 12.3 Å². The third kappa shape index (κ3) is 1.74. The molecule has 0 spiro atoms. The Morgan fingerprint density at radius 2 is 2.30 bits per heavy atom. The van der Waals surface area contributed by atoms with Gasteiger partial charge in [-0.2, -0.15) is 0 Å². The number of nitrogens with two attached hydrogens (primary N) is 1. The summed E-state index contributed by atoms with van der Waals surface area (Å²) in [6, 6.07) is 0.628. The molecular weight excluding hydrogens is 124 g/mol. The maximum atomic E-state index is 5.71. The Labute approximate surface area is 62.7 Å². The topological polar surface area (TPSA) is 29.3 Å². The first-order chi connectivity index (χ1) is 4.84. The van der Waals surface area contributed by atoms with E-state index < -0.39 is 0 Å². The van der Waals surface area contributed by atoms with E-state index in [1.165, 1.54) is 19.3 Å². The molecule has 0 radical (unpaired) electrons. The Bertz CT molecular complexity index is 116. The molecule has 10 heavy (non-hydrogen) atoms. The molecule has 2 nitrogen and oxygen atoms in total. The predicted octanol–water partition coefficient (Wildman–Crippen LogP) is 1.64. The van der Waals surface area contributed by atoms with Gasteiger partial charge in [0.2, 0.25) is 0 Å². The minimum Gasteiger partial charge on any atom is -0.316 e. The molecule has 1 aliphatic rings. The normalized spacial score (nSPS) is 19.4. The molecule has 2 N–H and O–H groups in total. The summed E-state index contributed by atoms with van der Waals surface area (Å²) in [4.78, 5) is 0. The van der Waals surface area contributed by atoms with Crippen LogP contribution in [0.5, 0.6) is 0 Å². The van der Waals surface area contributed by atoms with Gasteiger partial charge in [0.25, 0.3) is 0 Å². The lowest BCUT2D eigenvalue weighted by atomic mass is 9.93. The zero-order chi connectivity index (χ0) is 7.40. The molecule has 0 aromatic heterocycles. The lowest BCUT2D eigenvalue weighted by molar-refractivity contribution is 0.187. The van der Waals surface area contributed by atoms with E-state index in [9.17, 15) is 0 Å². The fraction of sp³-hybridized carbons (Fsp3) is 0.750. The highest BCUT2D eigenvalue weighted by molar-refractivity contribution is 4.86. The summed E-state index contributed by atoms with van der Waals surface area (Å²) in [5, 5.41) is 1.84. The van der Waals surface area contributed by atoms with Gasteiger partial charge in [0, 0.05) is 12.2 Å². The molecule has 0 bridgehead atoms. The number of allylic oxidation sites excluding steroid dienone is 1. The molecule has 0 heterocycles. The number of hydrogen-bond donors (Lipinski definition) is 1. The van der Waals surface area contributed by atoms with E-state index in [1.54, 1.807) is 0 Å². The molecule has 0 aromatic carbocycles. The van der Waals surface area contributed by atoms with Crippen LogP contribution < -0.4 is 5.84 Å². The molecule has 2 heteroatoms. The molecule has 1 fully saturated rings. The summed E-state index contributed by atoms with van der Waals surface area (Å²) in [7, 11) is 0. The highest BCUT2D eigenvalue weighted by atomic mass is 15.4. The average molecular weight is 140 g/mol. The fourth-order valence-corrected chi connectivity index (χ4v) is 1.03. The number of rotatable bonds is 3. The van der Waals surface area contributed by atoms with Crippen LogP contribution in [0.25, 0.3) is 0 Å². The van der Waals surface area contributed by atoms with Crippen molar-refractivity contribution in [3.8, 4) is 0 Å². The number of hydrazine groups is 1. The van der Waals surface area contributed by atoms with Gasteiger partial charge in [-0.25, -0.2) is 5.84 Å². The van der Waals surface area contributed by atoms with E-state index in [0.29, 0.717) is 6.04 Å². The largest absolute Gasteiger partial charge is 0.316 e. The second-order valence-electron chi connectivity index (χ2n) is 2.82. The Morgan fingerprint density at radius 3 is 2.70 bits per heavy atom. The van der Waals surface area contributed by atoms with E-state index in [0.717, 1.165) is 6.42 Å². The van der Waals surface area contributed by atoms with Crippen molar-refractivity contribution in [2.75, 3.05) is 0 Å². The third-order valence-electron chi connectivity index (χ3n) is 2.01. The number of hydrogen-bond acceptors (Lipinski definition) is 2. The van der Waals surface area contributed by atoms with Gasteiger partial charge in [-0.15, -0.1) is 0 Å². The molecule has 0 atom stereocenters. The summed E-state index contributed by atoms with van der Waals surface area (Å²) in [5.74, 6) is 5.71. The molecule has 0 aromatic rings. The summed E-state index contributed by atoms with van der Waals surface area (Å²) in [5.41, 5.74) is 0. The Kier molecular flexibility index (Phi) is 2.75. The maximum absolute atomic E-state index is 5.71. The van der Waals surface area contributed by atoms with Gasteiger partial charge in [0.15, 0.2) is 0 Å². The minimum atomic E-state index is 0.628. The fourth-order valence-electron chi connectivity index (χ4n) is 1.03. The minimum absolute atomic E-state index is 0.628. The molecule has 0 unspecified atom stereocenters. The van der Waals surface area contributed by atoms with E-state index in [-0.39, 0.29) is 0 Å². The molecule has 58 valence electrons. The Hall–Kier alpha value is -0.500. The first-order valence-corrected chi connectivity index (χ1v) is 4.04. The van der Waals surface area contributed by atoms with Crippen LogP contribution in [0.2, 0.25) is 0 Å². The molecule has 1 aliphatic carbocycles. The van der Waals surface area contributed by atoms with Gasteiger partial charge in [-0.05, 0) is 25.7 Å². The maximum Gasteiger partial charge on any atom is 0.0445 e. The van der Waals surface area contributed by atoms with Crippen LogP contribution in [0.4, 0.5) is 0 Å². The van der Waals surface area contributed by atoms with Gasteiger partial charge >= 0.3 is 0 Å². The summed E-state index contributed by atoms with van der Waals surface area (Å²) in [6.45, 7) is 2.12. The van der Waals surface area contributed by atoms with Crippen molar-refractivity contribution < 1.29 is 0 Å². The lowest BCUT2D eigenvalue weighted by Crippen LogP contribution is -2.40. The highest BCUT2D eigenvalue weighted by Crippen LogP contribution is 2.22. The van der Waals surface area contributed by atoms with E-state index in [2.05, 4.69) is 13.0 Å². The zero-order valence-electron chi connectivity index (χ0n) is 6.59. The first-order valence-electron chi connectivity index (χ1n) is 4.04. The quantitative estimate of drug-likeness (QED) is 0.477. The van der Waals surface area contributed by atoms with Crippen LogP contribution in [-0.2, 0) is 0 Å². The molecule has 0 amide bonds. The predicted molar refractivity (Wildman–Crippen MR) is 43.1 cm³/mol. The van der Waals surface area contributed by atoms with Crippen molar-refractivity contribution in [2.24, 2.45) is 5.84 Å². The average Bonchev–Trinajstić information content (AvgIpc) is 1.79. The Balaban J connectivity index is 2.19. The van der Waals surface area contributed by atoms with Crippen LogP contribution in [0.1, 0.15) is 32.6 Å². The Morgan fingerprint density at radius 1 is 1.60 bits per heavy atom. The van der Waals surface area contributed by atoms with Crippen LogP contribution in [-0.4, -0.2) is 11.1 Å². The summed E-state index contributed by atoms with van der Waals surface area (Å²) >= 11 is 0. The van der Waals surface area contributed by atoms with Crippen molar-refractivity contribution in [2.45, 2.75) is 38.6 Å². The number of nitrogens with zero attached hydrogens (tertiary/aromatic N) is 1. The lowest BCUT2D eigenvalue weighted by Gasteiger charge is -2.33. The van der Waals surface area contributed by atoms with Gasteiger partial charge < -0.3 is 5.01 Å². The van der Waals surface area contributed by atoms with Crippen LogP contribution in [0, 0.1) is 0 Å². The molecular formula is C8H16N2. The van der Waals surface area contributed by atoms with E-state index in [4.69, 9.17) is 5.84 Å². The van der Waals surface area contributed by atoms with Gasteiger partial charge in [-0.1, -0.05) is 13.0 Å². The van der Waals surface area contributed by atoms with Crippen molar-refractivity contribution in [3.05, 3.63) is 12.3 Å². The van der Waals surface area contributed by atoms with Crippen molar-refractivity contribution >= 4 is 0 Å². The molecule has 1 saturated carbocycles. The second kappa shape index (κ2) is 3.62. The molecule has 1 rings (SSSR count). The zero-order valence-corrected chi connectivity index (χ0v) is 6.59. The third-order valence-corrected chi connectivity index (χ3v) is 2.01. The highest BCUT2D eigenvalue weighted by Gasteiger charge is 2.19. The van der Waals surface area contributed by atoms with E-state index in [1.807, 2.05) is 11.2 Å². The monoisotopic (exact) mass is 140 g/mol. The molecule has 0 saturated heterocycles. The SMILES string of the molecule is CC/C=C\N(N)C1CCC1. The van der Waals surface area contributed by atoms with Gasteiger partial charge in [-0.3, -0.25) is 0 Å². The molecule has 0 aliphatic heterocycles. The standard InChI is InChI=1S/C8H16N2/c1-2-3-7-10(9)8-5-4-6-8/h3,7-8H,2,4-6,9H2,1H3/b7-3-. The van der Waals surface area contributed by atoms with Gasteiger partial charge in [0.1, 0.15) is 0 Å². The van der Waals surface area contributed by atoms with Crippen LogP contribution in [0.3, 0.4) is 0 Å². The van der Waals surface area contributed by atoms with Gasteiger partial charge in [0.05, 0.1) is 0 Å². The van der Waals surface area contributed by atoms with E-state index >= 15 is 0 Å². The van der Waals surface area contributed by atoms with Crippen molar-refractivity contribution in [1.82, 2.24) is 5.01 Å². The van der Waals surface area contributed by atoms with Crippen molar-refractivity contribution in [3.63, 3.8) is 0 Å².